The van der Waals surface area contributed by atoms with Crippen LogP contribution < -0.4 is 0 Å². The van der Waals surface area contributed by atoms with Gasteiger partial charge in [-0.15, -0.1) is 0 Å². The van der Waals surface area contributed by atoms with Crippen molar-refractivity contribution in [2.24, 2.45) is 0 Å². The van der Waals surface area contributed by atoms with E-state index in [1.807, 2.05) is 12.1 Å². The van der Waals surface area contributed by atoms with Crippen molar-refractivity contribution in [3.63, 3.8) is 0 Å². The second kappa shape index (κ2) is 4.93. The molecule has 2 aromatic heterocycles. The molecule has 0 spiro atoms. The standard InChI is InChI=1S/C14H15N3O2/c18-11-3-6-17(7-4-11)14(19)12-9-15-8-10-2-1-5-16-13(10)12/h1-2,5,8-9,11,18H,3-4,6-7H2. The van der Waals surface area contributed by atoms with Crippen molar-refractivity contribution in [2.75, 3.05) is 13.1 Å². The van der Waals surface area contributed by atoms with Crippen LogP contribution in [0, 0.1) is 0 Å². The third kappa shape index (κ3) is 2.29. The van der Waals surface area contributed by atoms with Gasteiger partial charge in [0.1, 0.15) is 0 Å². The summed E-state index contributed by atoms with van der Waals surface area (Å²) < 4.78 is 0. The first-order chi connectivity index (χ1) is 9.25. The number of hydrogen-bond donors (Lipinski definition) is 1. The quantitative estimate of drug-likeness (QED) is 0.834. The van der Waals surface area contributed by atoms with E-state index in [0.29, 0.717) is 37.0 Å². The zero-order valence-corrected chi connectivity index (χ0v) is 10.5. The predicted octanol–water partition coefficient (Wildman–Crippen LogP) is 1.23. The van der Waals surface area contributed by atoms with E-state index >= 15 is 0 Å². The van der Waals surface area contributed by atoms with Gasteiger partial charge in [-0.1, -0.05) is 0 Å². The van der Waals surface area contributed by atoms with Crippen molar-refractivity contribution in [3.05, 3.63) is 36.3 Å². The first kappa shape index (κ1) is 12.0. The average Bonchev–Trinajstić information content (AvgIpc) is 2.47. The number of aromatic nitrogens is 2. The Morgan fingerprint density at radius 2 is 2.11 bits per heavy atom. The first-order valence-corrected chi connectivity index (χ1v) is 6.42. The van der Waals surface area contributed by atoms with Crippen LogP contribution in [0.4, 0.5) is 0 Å². The highest BCUT2D eigenvalue weighted by molar-refractivity contribution is 6.04. The molecule has 1 aliphatic heterocycles. The summed E-state index contributed by atoms with van der Waals surface area (Å²) in [5.74, 6) is -0.0521. The monoisotopic (exact) mass is 257 g/mol. The van der Waals surface area contributed by atoms with Gasteiger partial charge in [-0.05, 0) is 25.0 Å². The van der Waals surface area contributed by atoms with Crippen LogP contribution in [0.5, 0.6) is 0 Å². The highest BCUT2D eigenvalue weighted by atomic mass is 16.3. The largest absolute Gasteiger partial charge is 0.393 e. The second-order valence-corrected chi connectivity index (χ2v) is 4.79. The van der Waals surface area contributed by atoms with Gasteiger partial charge in [0.15, 0.2) is 0 Å². The summed E-state index contributed by atoms with van der Waals surface area (Å²) >= 11 is 0. The number of likely N-dealkylation sites (tertiary alicyclic amines) is 1. The average molecular weight is 257 g/mol. The van der Waals surface area contributed by atoms with E-state index in [-0.39, 0.29) is 12.0 Å². The summed E-state index contributed by atoms with van der Waals surface area (Å²) in [7, 11) is 0. The lowest BCUT2D eigenvalue weighted by Crippen LogP contribution is -2.40. The van der Waals surface area contributed by atoms with Crippen molar-refractivity contribution in [2.45, 2.75) is 18.9 Å². The van der Waals surface area contributed by atoms with E-state index in [2.05, 4.69) is 9.97 Å². The number of amides is 1. The van der Waals surface area contributed by atoms with Crippen molar-refractivity contribution < 1.29 is 9.90 Å². The lowest BCUT2D eigenvalue weighted by atomic mass is 10.1. The molecule has 3 heterocycles. The van der Waals surface area contributed by atoms with Crippen LogP contribution in [0.3, 0.4) is 0 Å². The van der Waals surface area contributed by atoms with Crippen molar-refractivity contribution in [1.82, 2.24) is 14.9 Å². The molecular weight excluding hydrogens is 242 g/mol. The molecule has 19 heavy (non-hydrogen) atoms. The van der Waals surface area contributed by atoms with Crippen LogP contribution in [0.25, 0.3) is 10.9 Å². The maximum absolute atomic E-state index is 12.5. The molecule has 1 aliphatic rings. The molecule has 98 valence electrons. The number of carbonyl (C=O) groups is 1. The van der Waals surface area contributed by atoms with Crippen molar-refractivity contribution in [3.8, 4) is 0 Å². The van der Waals surface area contributed by atoms with E-state index in [9.17, 15) is 9.90 Å². The number of aliphatic hydroxyl groups is 1. The van der Waals surface area contributed by atoms with Gasteiger partial charge in [0.25, 0.3) is 5.91 Å². The Morgan fingerprint density at radius 3 is 2.89 bits per heavy atom. The number of nitrogens with zero attached hydrogens (tertiary/aromatic N) is 3. The van der Waals surface area contributed by atoms with Crippen LogP contribution in [-0.4, -0.2) is 45.1 Å². The lowest BCUT2D eigenvalue weighted by molar-refractivity contribution is 0.0548. The Morgan fingerprint density at radius 1 is 1.32 bits per heavy atom. The van der Waals surface area contributed by atoms with Crippen molar-refractivity contribution >= 4 is 16.8 Å². The second-order valence-electron chi connectivity index (χ2n) is 4.79. The minimum atomic E-state index is -0.284. The number of fused-ring (bicyclic) bond motifs is 1. The van der Waals surface area contributed by atoms with Crippen LogP contribution in [-0.2, 0) is 0 Å². The molecule has 0 aromatic carbocycles. The summed E-state index contributed by atoms with van der Waals surface area (Å²) in [6.07, 6.45) is 5.95. The molecule has 0 bridgehead atoms. The van der Waals surface area contributed by atoms with Gasteiger partial charge >= 0.3 is 0 Å². The van der Waals surface area contributed by atoms with Gasteiger partial charge in [0.2, 0.25) is 0 Å². The molecule has 1 amide bonds. The molecule has 5 nitrogen and oxygen atoms in total. The molecule has 0 atom stereocenters. The number of carbonyl (C=O) groups excluding carboxylic acids is 1. The van der Waals surface area contributed by atoms with Gasteiger partial charge in [-0.25, -0.2) is 0 Å². The fourth-order valence-corrected chi connectivity index (χ4v) is 2.40. The number of pyridine rings is 2. The summed E-state index contributed by atoms with van der Waals surface area (Å²) in [6.45, 7) is 1.17. The SMILES string of the molecule is O=C(c1cncc2cccnc12)N1CCC(O)CC1. The van der Waals surface area contributed by atoms with Crippen LogP contribution in [0.1, 0.15) is 23.2 Å². The summed E-state index contributed by atoms with van der Waals surface area (Å²) in [5, 5.41) is 10.4. The van der Waals surface area contributed by atoms with E-state index in [1.165, 1.54) is 0 Å². The molecule has 0 aliphatic carbocycles. The van der Waals surface area contributed by atoms with E-state index in [0.717, 1.165) is 5.39 Å². The Bertz CT molecular complexity index is 601. The summed E-state index contributed by atoms with van der Waals surface area (Å²) in [6, 6.07) is 3.72. The molecule has 1 fully saturated rings. The molecule has 0 radical (unpaired) electrons. The molecule has 0 unspecified atom stereocenters. The minimum Gasteiger partial charge on any atom is -0.393 e. The maximum atomic E-state index is 12.5. The zero-order valence-electron chi connectivity index (χ0n) is 10.5. The molecule has 1 saturated heterocycles. The van der Waals surface area contributed by atoms with E-state index in [1.54, 1.807) is 23.5 Å². The third-order valence-corrected chi connectivity index (χ3v) is 3.49. The minimum absolute atomic E-state index is 0.0521. The van der Waals surface area contributed by atoms with Crippen molar-refractivity contribution in [1.29, 1.82) is 0 Å². The Balaban J connectivity index is 1.93. The van der Waals surface area contributed by atoms with Gasteiger partial charge in [-0.3, -0.25) is 14.8 Å². The Kier molecular flexibility index (Phi) is 3.13. The van der Waals surface area contributed by atoms with Gasteiger partial charge in [0, 0.05) is 37.1 Å². The van der Waals surface area contributed by atoms with E-state index in [4.69, 9.17) is 0 Å². The van der Waals surface area contributed by atoms with Crippen LogP contribution in [0.2, 0.25) is 0 Å². The Hall–Kier alpha value is -2.01. The lowest BCUT2D eigenvalue weighted by Gasteiger charge is -2.29. The van der Waals surface area contributed by atoms with E-state index < -0.39 is 0 Å². The highest BCUT2D eigenvalue weighted by Gasteiger charge is 2.23. The van der Waals surface area contributed by atoms with Gasteiger partial charge < -0.3 is 10.0 Å². The molecule has 5 heteroatoms. The number of aliphatic hydroxyl groups excluding tert-OH is 1. The first-order valence-electron chi connectivity index (χ1n) is 6.42. The normalized spacial score (nSPS) is 16.8. The zero-order chi connectivity index (χ0) is 13.2. The maximum Gasteiger partial charge on any atom is 0.257 e. The predicted molar refractivity (Wildman–Crippen MR) is 70.7 cm³/mol. The van der Waals surface area contributed by atoms with Crippen LogP contribution in [0.15, 0.2) is 30.7 Å². The van der Waals surface area contributed by atoms with Gasteiger partial charge in [-0.2, -0.15) is 0 Å². The highest BCUT2D eigenvalue weighted by Crippen LogP contribution is 2.18. The molecular formula is C14H15N3O2. The fraction of sp³-hybridized carbons (Fsp3) is 0.357. The van der Waals surface area contributed by atoms with Gasteiger partial charge in [0.05, 0.1) is 17.2 Å². The fourth-order valence-electron chi connectivity index (χ4n) is 2.40. The number of piperidine rings is 1. The topological polar surface area (TPSA) is 66.3 Å². The molecule has 1 N–H and O–H groups in total. The molecule has 0 saturated carbocycles. The smallest absolute Gasteiger partial charge is 0.257 e. The summed E-state index contributed by atoms with van der Waals surface area (Å²) in [5.41, 5.74) is 1.23. The Labute approximate surface area is 110 Å². The molecule has 3 rings (SSSR count). The molecule has 2 aromatic rings. The number of rotatable bonds is 1. The summed E-state index contributed by atoms with van der Waals surface area (Å²) in [4.78, 5) is 22.6. The third-order valence-electron chi connectivity index (χ3n) is 3.49. The van der Waals surface area contributed by atoms with Crippen LogP contribution >= 0.6 is 0 Å². The number of hydrogen-bond acceptors (Lipinski definition) is 4.